The van der Waals surface area contributed by atoms with Crippen LogP contribution in [0, 0.1) is 13.8 Å². The molecule has 0 aliphatic heterocycles. The lowest BCUT2D eigenvalue weighted by Gasteiger charge is -2.16. The quantitative estimate of drug-likeness (QED) is 0.683. The zero-order valence-electron chi connectivity index (χ0n) is 14.7. The van der Waals surface area contributed by atoms with Crippen LogP contribution in [-0.4, -0.2) is 11.1 Å². The Labute approximate surface area is 157 Å². The van der Waals surface area contributed by atoms with Crippen molar-refractivity contribution in [3.05, 3.63) is 70.4 Å². The first-order valence-corrected chi connectivity index (χ1v) is 8.98. The second-order valence-corrected chi connectivity index (χ2v) is 7.32. The molecule has 4 rings (SSSR count). The largest absolute Gasteiger partial charge is 0.356 e. The number of aryl methyl sites for hydroxylation is 2. The van der Waals surface area contributed by atoms with E-state index < -0.39 is 5.41 Å². The van der Waals surface area contributed by atoms with E-state index in [1.807, 2.05) is 50.2 Å². The summed E-state index contributed by atoms with van der Waals surface area (Å²) >= 11 is 5.93. The van der Waals surface area contributed by atoms with E-state index in [0.717, 1.165) is 35.2 Å². The van der Waals surface area contributed by atoms with Gasteiger partial charge in [-0.15, -0.1) is 0 Å². The van der Waals surface area contributed by atoms with Crippen LogP contribution in [0.2, 0.25) is 5.02 Å². The summed E-state index contributed by atoms with van der Waals surface area (Å²) in [6.07, 6.45) is 1.55. The van der Waals surface area contributed by atoms with Gasteiger partial charge in [0.05, 0.1) is 11.1 Å². The number of carbonyl (C=O) groups is 1. The number of nitrogens with zero attached hydrogens (tertiary/aromatic N) is 1. The van der Waals surface area contributed by atoms with Gasteiger partial charge in [0.2, 0.25) is 5.91 Å². The smallest absolute Gasteiger partial charge is 0.236 e. The molecule has 1 amide bonds. The first-order valence-electron chi connectivity index (χ1n) is 8.60. The second-order valence-electron chi connectivity index (χ2n) is 6.89. The van der Waals surface area contributed by atoms with E-state index in [1.54, 1.807) is 12.1 Å². The molecule has 0 atom stereocenters. The maximum Gasteiger partial charge on any atom is 0.236 e. The number of halogens is 1. The van der Waals surface area contributed by atoms with Crippen molar-refractivity contribution in [1.29, 1.82) is 0 Å². The number of aromatic nitrogens is 1. The van der Waals surface area contributed by atoms with Crippen LogP contribution in [0.4, 0.5) is 5.69 Å². The topological polar surface area (TPSA) is 55.1 Å². The lowest BCUT2D eigenvalue weighted by atomic mass is 9.99. The van der Waals surface area contributed by atoms with Crippen LogP contribution >= 0.6 is 11.6 Å². The summed E-state index contributed by atoms with van der Waals surface area (Å²) < 4.78 is 5.49. The molecule has 1 aromatic heterocycles. The van der Waals surface area contributed by atoms with Crippen LogP contribution in [0.3, 0.4) is 0 Å². The Bertz CT molecular complexity index is 952. The Morgan fingerprint density at radius 3 is 2.38 bits per heavy atom. The van der Waals surface area contributed by atoms with E-state index in [1.165, 1.54) is 0 Å². The van der Waals surface area contributed by atoms with E-state index in [2.05, 4.69) is 10.5 Å². The minimum atomic E-state index is -0.594. The summed E-state index contributed by atoms with van der Waals surface area (Å²) in [5.74, 6) is 0.619. The fourth-order valence-electron chi connectivity index (χ4n) is 3.22. The Balaban J connectivity index is 1.59. The van der Waals surface area contributed by atoms with E-state index in [0.29, 0.717) is 16.5 Å². The number of nitrogens with one attached hydrogen (secondary N) is 1. The zero-order chi connectivity index (χ0) is 18.3. The second kappa shape index (κ2) is 6.29. The van der Waals surface area contributed by atoms with Crippen LogP contribution < -0.4 is 5.32 Å². The van der Waals surface area contributed by atoms with Crippen LogP contribution in [0.1, 0.15) is 29.7 Å². The molecular formula is C21H19ClN2O2. The molecule has 1 N–H and O–H groups in total. The molecule has 1 aliphatic rings. The molecule has 1 aliphatic carbocycles. The fraction of sp³-hybridized carbons (Fsp3) is 0.238. The SMILES string of the molecule is Cc1cccc(C)c1NC(=O)C1(c2cc(-c3ccc(Cl)cc3)on2)CC1. The predicted octanol–water partition coefficient (Wildman–Crippen LogP) is 5.28. The molecule has 1 fully saturated rings. The van der Waals surface area contributed by atoms with Crippen molar-refractivity contribution < 1.29 is 9.32 Å². The molecule has 1 saturated carbocycles. The number of hydrogen-bond donors (Lipinski definition) is 1. The van der Waals surface area contributed by atoms with Crippen LogP contribution in [0.25, 0.3) is 11.3 Å². The van der Waals surface area contributed by atoms with Gasteiger partial charge in [0.1, 0.15) is 0 Å². The summed E-state index contributed by atoms with van der Waals surface area (Å²) in [7, 11) is 0. The molecule has 2 aromatic carbocycles. The van der Waals surface area contributed by atoms with Gasteiger partial charge in [0, 0.05) is 22.3 Å². The predicted molar refractivity (Wildman–Crippen MR) is 102 cm³/mol. The highest BCUT2D eigenvalue weighted by molar-refractivity contribution is 6.30. The molecule has 132 valence electrons. The van der Waals surface area contributed by atoms with E-state index in [9.17, 15) is 4.79 Å². The molecule has 26 heavy (non-hydrogen) atoms. The maximum absolute atomic E-state index is 13.0. The molecular weight excluding hydrogens is 348 g/mol. The van der Waals surface area contributed by atoms with Crippen molar-refractivity contribution in [2.24, 2.45) is 0 Å². The van der Waals surface area contributed by atoms with Gasteiger partial charge in [-0.05, 0) is 62.1 Å². The summed E-state index contributed by atoms with van der Waals surface area (Å²) in [5.41, 5.74) is 3.96. The van der Waals surface area contributed by atoms with Crippen molar-refractivity contribution in [2.45, 2.75) is 32.1 Å². The molecule has 0 unspecified atom stereocenters. The molecule has 4 nitrogen and oxygen atoms in total. The zero-order valence-corrected chi connectivity index (χ0v) is 15.4. The summed E-state index contributed by atoms with van der Waals surface area (Å²) in [6.45, 7) is 3.99. The van der Waals surface area contributed by atoms with Gasteiger partial charge in [-0.2, -0.15) is 0 Å². The molecule has 0 saturated heterocycles. The summed E-state index contributed by atoms with van der Waals surface area (Å²) in [6, 6.07) is 15.2. The van der Waals surface area contributed by atoms with Crippen molar-refractivity contribution in [3.63, 3.8) is 0 Å². The minimum Gasteiger partial charge on any atom is -0.356 e. The minimum absolute atomic E-state index is 0.0224. The van der Waals surface area contributed by atoms with E-state index in [-0.39, 0.29) is 5.91 Å². The highest BCUT2D eigenvalue weighted by Gasteiger charge is 2.54. The molecule has 0 bridgehead atoms. The fourth-order valence-corrected chi connectivity index (χ4v) is 3.35. The van der Waals surface area contributed by atoms with Crippen LogP contribution in [0.15, 0.2) is 53.1 Å². The van der Waals surface area contributed by atoms with Gasteiger partial charge in [0.15, 0.2) is 5.76 Å². The Kier molecular flexibility index (Phi) is 4.08. The number of anilines is 1. The van der Waals surface area contributed by atoms with Gasteiger partial charge in [-0.25, -0.2) is 0 Å². The lowest BCUT2D eigenvalue weighted by molar-refractivity contribution is -0.118. The van der Waals surface area contributed by atoms with Crippen molar-refractivity contribution in [2.75, 3.05) is 5.32 Å². The molecule has 1 heterocycles. The van der Waals surface area contributed by atoms with E-state index in [4.69, 9.17) is 16.1 Å². The average molecular weight is 367 g/mol. The summed E-state index contributed by atoms with van der Waals surface area (Å²) in [4.78, 5) is 13.0. The summed E-state index contributed by atoms with van der Waals surface area (Å²) in [5, 5.41) is 7.95. The number of hydrogen-bond acceptors (Lipinski definition) is 3. The van der Waals surface area contributed by atoms with Crippen LogP contribution in [-0.2, 0) is 10.2 Å². The lowest BCUT2D eigenvalue weighted by Crippen LogP contribution is -2.28. The average Bonchev–Trinajstić information content (AvgIpc) is 3.29. The normalized spacial score (nSPS) is 14.9. The third-order valence-electron chi connectivity index (χ3n) is 5.03. The molecule has 0 radical (unpaired) electrons. The van der Waals surface area contributed by atoms with Gasteiger partial charge in [-0.1, -0.05) is 35.0 Å². The van der Waals surface area contributed by atoms with Crippen molar-refractivity contribution in [1.82, 2.24) is 5.16 Å². The highest BCUT2D eigenvalue weighted by Crippen LogP contribution is 2.49. The number of carbonyl (C=O) groups excluding carboxylic acids is 1. The monoisotopic (exact) mass is 366 g/mol. The highest BCUT2D eigenvalue weighted by atomic mass is 35.5. The molecule has 3 aromatic rings. The number of benzene rings is 2. The maximum atomic E-state index is 13.0. The Hall–Kier alpha value is -2.59. The third kappa shape index (κ3) is 2.90. The van der Waals surface area contributed by atoms with Crippen molar-refractivity contribution in [3.8, 4) is 11.3 Å². The number of para-hydroxylation sites is 1. The number of amides is 1. The Morgan fingerprint density at radius 1 is 1.12 bits per heavy atom. The van der Waals surface area contributed by atoms with E-state index >= 15 is 0 Å². The van der Waals surface area contributed by atoms with Gasteiger partial charge < -0.3 is 9.84 Å². The standard InChI is InChI=1S/C21H19ClN2O2/c1-13-4-3-5-14(2)19(13)23-20(25)21(10-11-21)18-12-17(26-24-18)15-6-8-16(22)9-7-15/h3-9,12H,10-11H2,1-2H3,(H,23,25). The first-order chi connectivity index (χ1) is 12.5. The third-order valence-corrected chi connectivity index (χ3v) is 5.29. The van der Waals surface area contributed by atoms with Gasteiger partial charge >= 0.3 is 0 Å². The van der Waals surface area contributed by atoms with Gasteiger partial charge in [0.25, 0.3) is 0 Å². The molecule has 0 spiro atoms. The van der Waals surface area contributed by atoms with Crippen LogP contribution in [0.5, 0.6) is 0 Å². The number of rotatable bonds is 4. The van der Waals surface area contributed by atoms with Gasteiger partial charge in [-0.3, -0.25) is 4.79 Å². The first kappa shape index (κ1) is 16.9. The Morgan fingerprint density at radius 2 is 1.77 bits per heavy atom. The molecule has 5 heteroatoms. The van der Waals surface area contributed by atoms with Crippen molar-refractivity contribution >= 4 is 23.2 Å².